The number of carbonyl (C=O) groups is 2. The molecule has 2 aromatic rings. The highest BCUT2D eigenvalue weighted by atomic mass is 32.2. The molecule has 202 valence electrons. The molecule has 0 aliphatic carbocycles. The topological polar surface area (TPSA) is 140 Å². The summed E-state index contributed by atoms with van der Waals surface area (Å²) < 4.78 is 68.9. The van der Waals surface area contributed by atoms with Crippen molar-refractivity contribution in [2.75, 3.05) is 11.5 Å². The maximum absolute atomic E-state index is 13.9. The van der Waals surface area contributed by atoms with Crippen molar-refractivity contribution in [3.63, 3.8) is 0 Å². The molecule has 0 spiro atoms. The minimum absolute atomic E-state index is 0.0956. The highest BCUT2D eigenvalue weighted by molar-refractivity contribution is 7.93. The zero-order valence-corrected chi connectivity index (χ0v) is 21.1. The van der Waals surface area contributed by atoms with E-state index in [1.165, 1.54) is 0 Å². The molecule has 2 heterocycles. The van der Waals surface area contributed by atoms with Crippen LogP contribution in [-0.4, -0.2) is 60.6 Å². The Morgan fingerprint density at radius 2 is 1.84 bits per heavy atom. The Morgan fingerprint density at radius 3 is 2.38 bits per heavy atom. The van der Waals surface area contributed by atoms with E-state index in [2.05, 4.69) is 19.6 Å². The van der Waals surface area contributed by atoms with Crippen molar-refractivity contribution in [3.05, 3.63) is 48.4 Å². The Balaban J connectivity index is 1.73. The van der Waals surface area contributed by atoms with E-state index in [1.807, 2.05) is 0 Å². The molecule has 14 heteroatoms. The first-order valence-electron chi connectivity index (χ1n) is 11.2. The molecule has 0 fully saturated rings. The van der Waals surface area contributed by atoms with Gasteiger partial charge in [-0.3, -0.25) is 9.78 Å². The third-order valence-corrected chi connectivity index (χ3v) is 7.47. The molecule has 10 nitrogen and oxygen atoms in total. The molecule has 0 saturated carbocycles. The van der Waals surface area contributed by atoms with Crippen LogP contribution in [0.2, 0.25) is 0 Å². The van der Waals surface area contributed by atoms with Gasteiger partial charge in [0.15, 0.2) is 0 Å². The number of hydrogen-bond donors (Lipinski definition) is 2. The molecule has 0 saturated heterocycles. The fraction of sp³-hybridized carbons (Fsp3) is 0.478. The number of carbonyl (C=O) groups excluding carboxylic acids is 2. The van der Waals surface area contributed by atoms with Gasteiger partial charge in [0.05, 0.1) is 27.8 Å². The van der Waals surface area contributed by atoms with Crippen molar-refractivity contribution in [2.45, 2.75) is 57.0 Å². The largest absolute Gasteiger partial charge is 0.444 e. The SMILES string of the molecule is CC(C)(C)OC(=O)N[C@H]1CCS(=O)(CCC(O)(c2cnc(Oc3ccccc3)cn2)C(F)(F)F)=NC1=O. The van der Waals surface area contributed by atoms with Crippen LogP contribution in [0.15, 0.2) is 47.1 Å². The zero-order valence-electron chi connectivity index (χ0n) is 20.3. The lowest BCUT2D eigenvalue weighted by atomic mass is 9.96. The molecule has 37 heavy (non-hydrogen) atoms. The molecule has 0 bridgehead atoms. The van der Waals surface area contributed by atoms with Crippen molar-refractivity contribution in [2.24, 2.45) is 4.36 Å². The lowest BCUT2D eigenvalue weighted by Gasteiger charge is -2.31. The predicted octanol–water partition coefficient (Wildman–Crippen LogP) is 3.70. The fourth-order valence-corrected chi connectivity index (χ4v) is 5.40. The van der Waals surface area contributed by atoms with Gasteiger partial charge in [0.2, 0.25) is 11.5 Å². The van der Waals surface area contributed by atoms with Gasteiger partial charge in [-0.15, -0.1) is 0 Å². The monoisotopic (exact) mass is 544 g/mol. The molecular weight excluding hydrogens is 517 g/mol. The van der Waals surface area contributed by atoms with Gasteiger partial charge >= 0.3 is 12.3 Å². The third-order valence-electron chi connectivity index (χ3n) is 5.24. The Kier molecular flexibility index (Phi) is 8.12. The number of alkyl halides is 3. The van der Waals surface area contributed by atoms with Gasteiger partial charge < -0.3 is 19.9 Å². The van der Waals surface area contributed by atoms with Gasteiger partial charge in [-0.05, 0) is 39.3 Å². The number of hydrogen-bond acceptors (Lipinski definition) is 8. The molecule has 3 rings (SSSR count). The normalized spacial score (nSPS) is 21.9. The van der Waals surface area contributed by atoms with Crippen LogP contribution in [0.1, 0.15) is 39.3 Å². The lowest BCUT2D eigenvalue weighted by Crippen LogP contribution is -2.47. The highest BCUT2D eigenvalue weighted by Gasteiger charge is 2.56. The van der Waals surface area contributed by atoms with Crippen molar-refractivity contribution < 1.29 is 41.5 Å². The summed E-state index contributed by atoms with van der Waals surface area (Å²) in [5.41, 5.74) is -5.14. The van der Waals surface area contributed by atoms with Gasteiger partial charge in [-0.2, -0.15) is 17.5 Å². The first-order chi connectivity index (χ1) is 17.1. The highest BCUT2D eigenvalue weighted by Crippen LogP contribution is 2.41. The van der Waals surface area contributed by atoms with E-state index < -0.39 is 63.0 Å². The number of alkyl carbamates (subject to hydrolysis) is 1. The summed E-state index contributed by atoms with van der Waals surface area (Å²) in [6.45, 7) is 4.88. The lowest BCUT2D eigenvalue weighted by molar-refractivity contribution is -0.269. The summed E-state index contributed by atoms with van der Waals surface area (Å²) in [5, 5.41) is 12.9. The maximum atomic E-state index is 13.9. The van der Waals surface area contributed by atoms with Crippen LogP contribution in [0.4, 0.5) is 18.0 Å². The van der Waals surface area contributed by atoms with Crippen LogP contribution in [0.3, 0.4) is 0 Å². The summed E-state index contributed by atoms with van der Waals surface area (Å²) in [6.07, 6.45) is -5.61. The Hall–Kier alpha value is -3.26. The van der Waals surface area contributed by atoms with E-state index >= 15 is 0 Å². The Bertz CT molecular complexity index is 1240. The minimum Gasteiger partial charge on any atom is -0.444 e. The van der Waals surface area contributed by atoms with Gasteiger partial charge in [-0.25, -0.2) is 14.0 Å². The van der Waals surface area contributed by atoms with Crippen LogP contribution in [0.5, 0.6) is 11.6 Å². The van der Waals surface area contributed by atoms with E-state index in [0.717, 1.165) is 12.4 Å². The van der Waals surface area contributed by atoms with Crippen molar-refractivity contribution in [1.82, 2.24) is 15.3 Å². The van der Waals surface area contributed by atoms with Gasteiger partial charge in [0.1, 0.15) is 17.4 Å². The molecule has 1 aromatic heterocycles. The third kappa shape index (κ3) is 7.38. The molecule has 2 amide bonds. The smallest absolute Gasteiger partial charge is 0.423 e. The number of nitrogens with zero attached hydrogens (tertiary/aromatic N) is 3. The summed E-state index contributed by atoms with van der Waals surface area (Å²) in [5.74, 6) is -1.65. The van der Waals surface area contributed by atoms with Crippen LogP contribution < -0.4 is 10.1 Å². The Morgan fingerprint density at radius 1 is 1.16 bits per heavy atom. The number of aliphatic hydroxyl groups is 1. The molecule has 0 radical (unpaired) electrons. The average Bonchev–Trinajstić information content (AvgIpc) is 2.79. The zero-order chi connectivity index (χ0) is 27.5. The summed E-state index contributed by atoms with van der Waals surface area (Å²) in [4.78, 5) is 31.7. The predicted molar refractivity (Wildman–Crippen MR) is 126 cm³/mol. The number of rotatable bonds is 7. The van der Waals surface area contributed by atoms with E-state index in [1.54, 1.807) is 51.1 Å². The second kappa shape index (κ2) is 10.6. The molecule has 1 aliphatic rings. The van der Waals surface area contributed by atoms with E-state index in [4.69, 9.17) is 9.47 Å². The van der Waals surface area contributed by atoms with Gasteiger partial charge in [0.25, 0.3) is 5.91 Å². The van der Waals surface area contributed by atoms with Crippen LogP contribution in [-0.2, 0) is 24.9 Å². The first kappa shape index (κ1) is 28.3. The molecule has 1 aromatic carbocycles. The standard InChI is InChI=1S/C23H27F3N4O6S/c1-21(2,3)36-20(32)29-16-9-11-37(34,30-19(16)31)12-10-22(33,23(24,25)26)17-13-28-18(14-27-17)35-15-7-5-4-6-8-15/h4-8,13-14,16,33H,9-12H2,1-3H3,(H,29,32)/t16-,22?,37?/m0/s1. The summed E-state index contributed by atoms with van der Waals surface area (Å²) in [6, 6.07) is 7.24. The van der Waals surface area contributed by atoms with Crippen LogP contribution >= 0.6 is 0 Å². The van der Waals surface area contributed by atoms with Gasteiger partial charge in [-0.1, -0.05) is 18.2 Å². The summed E-state index contributed by atoms with van der Waals surface area (Å²) in [7, 11) is -3.44. The first-order valence-corrected chi connectivity index (χ1v) is 13.1. The number of ether oxygens (including phenoxy) is 2. The number of benzene rings is 1. The van der Waals surface area contributed by atoms with E-state index in [0.29, 0.717) is 5.75 Å². The van der Waals surface area contributed by atoms with Gasteiger partial charge in [0, 0.05) is 17.9 Å². The second-order valence-corrected chi connectivity index (χ2v) is 11.9. The van der Waals surface area contributed by atoms with Crippen molar-refractivity contribution >= 4 is 21.7 Å². The number of halogens is 3. The fourth-order valence-electron chi connectivity index (χ4n) is 3.34. The molecule has 1 aliphatic heterocycles. The van der Waals surface area contributed by atoms with E-state index in [-0.39, 0.29) is 18.1 Å². The second-order valence-electron chi connectivity index (χ2n) is 9.36. The number of amides is 2. The number of para-hydroxylation sites is 1. The molecular formula is C23H27F3N4O6S. The van der Waals surface area contributed by atoms with Crippen LogP contribution in [0.25, 0.3) is 0 Å². The summed E-state index contributed by atoms with van der Waals surface area (Å²) >= 11 is 0. The molecule has 2 N–H and O–H groups in total. The number of aromatic nitrogens is 2. The van der Waals surface area contributed by atoms with Crippen molar-refractivity contribution in [3.8, 4) is 11.6 Å². The quantitative estimate of drug-likeness (QED) is 0.538. The van der Waals surface area contributed by atoms with Crippen molar-refractivity contribution in [1.29, 1.82) is 0 Å². The maximum Gasteiger partial charge on any atom is 0.423 e. The number of nitrogens with one attached hydrogen (secondary N) is 1. The molecule has 2 unspecified atom stereocenters. The minimum atomic E-state index is -5.20. The Labute approximate surface area is 211 Å². The van der Waals surface area contributed by atoms with Crippen LogP contribution in [0, 0.1) is 0 Å². The molecule has 3 atom stereocenters. The van der Waals surface area contributed by atoms with E-state index in [9.17, 15) is 32.1 Å². The average molecular weight is 545 g/mol.